The molecule has 0 aliphatic rings. The van der Waals surface area contributed by atoms with Crippen LogP contribution in [0.15, 0.2) is 375 Å². The predicted molar refractivity (Wildman–Crippen MR) is 483 cm³/mol. The zero-order chi connectivity index (χ0) is 76.2. The summed E-state index contributed by atoms with van der Waals surface area (Å²) in [6, 6.07) is 132. The van der Waals surface area contributed by atoms with Gasteiger partial charge >= 0.3 is 0 Å². The molecule has 8 aromatic heterocycles. The zero-order valence-electron chi connectivity index (χ0n) is 62.8. The Morgan fingerprint density at radius 2 is 0.707 bits per heavy atom. The Morgan fingerprint density at radius 1 is 0.267 bits per heavy atom. The van der Waals surface area contributed by atoms with Crippen molar-refractivity contribution in [1.82, 2.24) is 38.2 Å². The van der Waals surface area contributed by atoms with Crippen molar-refractivity contribution >= 4 is 141 Å². The predicted octanol–water partition coefficient (Wildman–Crippen LogP) is 28.3. The van der Waals surface area contributed by atoms with E-state index in [9.17, 15) is 0 Å². The van der Waals surface area contributed by atoms with Gasteiger partial charge in [0.25, 0.3) is 0 Å². The van der Waals surface area contributed by atoms with Gasteiger partial charge in [-0.1, -0.05) is 200 Å². The van der Waals surface area contributed by atoms with E-state index in [2.05, 4.69) is 370 Å². The van der Waals surface area contributed by atoms with Crippen molar-refractivity contribution in [3.05, 3.63) is 370 Å². The Kier molecular flexibility index (Phi) is 14.7. The van der Waals surface area contributed by atoms with Crippen LogP contribution in [0.4, 0.5) is 0 Å². The summed E-state index contributed by atoms with van der Waals surface area (Å²) in [5.74, 6) is 1.66. The van der Waals surface area contributed by atoms with Gasteiger partial charge < -0.3 is 18.1 Å². The molecule has 0 N–H and O–H groups in total. The maximum absolute atomic E-state index is 6.31. The Hall–Kier alpha value is -15.1. The number of benzene rings is 16. The van der Waals surface area contributed by atoms with Gasteiger partial charge in [0.15, 0.2) is 11.6 Å². The van der Waals surface area contributed by atoms with Crippen LogP contribution in [0, 0.1) is 0 Å². The molecule has 24 aromatic rings. The molecule has 0 saturated heterocycles. The SMILES string of the molecule is CCn1c2ccc(-c3cccc(-c4ccccn4)c3)cc2c2cc(-c3ccc4sc5c(-c6ccc(-c7nc(-c8ccc9c(c8)c8cc(-c%10ccc%11oc%12ccccc%12c%11c%10)ccc8n9-c8ccccc8)nc(-n8c9ccccc9c9ccccc98)n7)cc6)cc(-c6cccc(-n7c8ccccc8c8ccccc87)c6)cc5c4c3)ccc21. The average molecular weight is 1500 g/mol. The van der Waals surface area contributed by atoms with Crippen LogP contribution >= 0.6 is 11.3 Å². The fraction of sp³-hybridized carbons (Fsp3) is 0.0189. The lowest BCUT2D eigenvalue weighted by Gasteiger charge is -2.13. The molecule has 16 aromatic carbocycles. The van der Waals surface area contributed by atoms with Crippen LogP contribution in [0.5, 0.6) is 0 Å². The first-order valence-electron chi connectivity index (χ1n) is 39.5. The Morgan fingerprint density at radius 3 is 1.34 bits per heavy atom. The van der Waals surface area contributed by atoms with Crippen LogP contribution in [-0.2, 0) is 6.54 Å². The number of rotatable bonds is 12. The highest BCUT2D eigenvalue weighted by Crippen LogP contribution is 2.48. The molecule has 9 nitrogen and oxygen atoms in total. The fourth-order valence-electron chi connectivity index (χ4n) is 18.4. The molecule has 24 rings (SSSR count). The maximum Gasteiger partial charge on any atom is 0.238 e. The van der Waals surface area contributed by atoms with Gasteiger partial charge in [-0.3, -0.25) is 9.55 Å². The van der Waals surface area contributed by atoms with Gasteiger partial charge in [0.2, 0.25) is 5.95 Å². The largest absolute Gasteiger partial charge is 0.456 e. The van der Waals surface area contributed by atoms with Gasteiger partial charge in [-0.05, 0) is 221 Å². The molecular weight excluding hydrogens is 1430 g/mol. The lowest BCUT2D eigenvalue weighted by atomic mass is 9.94. The average Bonchev–Trinajstić information content (AvgIpc) is 1.58. The van der Waals surface area contributed by atoms with Gasteiger partial charge in [-0.15, -0.1) is 11.3 Å². The Bertz CT molecular complexity index is 8090. The van der Waals surface area contributed by atoms with Crippen molar-refractivity contribution in [2.75, 3.05) is 0 Å². The van der Waals surface area contributed by atoms with E-state index in [-0.39, 0.29) is 0 Å². The van der Waals surface area contributed by atoms with Crippen molar-refractivity contribution < 1.29 is 4.42 Å². The molecule has 116 heavy (non-hydrogen) atoms. The van der Waals surface area contributed by atoms with Crippen LogP contribution in [0.2, 0.25) is 0 Å². The van der Waals surface area contributed by atoms with E-state index in [0.29, 0.717) is 17.6 Å². The lowest BCUT2D eigenvalue weighted by Crippen LogP contribution is -2.06. The highest BCUT2D eigenvalue weighted by atomic mass is 32.1. The van der Waals surface area contributed by atoms with Crippen molar-refractivity contribution in [3.8, 4) is 107 Å². The van der Waals surface area contributed by atoms with Gasteiger partial charge in [-0.2, -0.15) is 9.97 Å². The number of aryl methyl sites for hydroxylation is 1. The molecule has 0 spiro atoms. The number of fused-ring (bicyclic) bond motifs is 18. The lowest BCUT2D eigenvalue weighted by molar-refractivity contribution is 0.669. The van der Waals surface area contributed by atoms with Gasteiger partial charge in [0, 0.05) is 131 Å². The van der Waals surface area contributed by atoms with E-state index in [4.69, 9.17) is 19.4 Å². The number of thiophene rings is 1. The molecule has 0 aliphatic carbocycles. The zero-order valence-corrected chi connectivity index (χ0v) is 63.6. The van der Waals surface area contributed by atoms with Crippen LogP contribution < -0.4 is 0 Å². The molecule has 0 atom stereocenters. The minimum atomic E-state index is 0.533. The molecule has 0 bridgehead atoms. The molecule has 8 heterocycles. The summed E-state index contributed by atoms with van der Waals surface area (Å²) < 4.78 is 18.2. The van der Waals surface area contributed by atoms with Crippen molar-refractivity contribution in [2.45, 2.75) is 13.5 Å². The second-order valence-electron chi connectivity index (χ2n) is 30.3. The first-order chi connectivity index (χ1) is 57.4. The molecular formula is C106H66N8OS. The second-order valence-corrected chi connectivity index (χ2v) is 31.4. The van der Waals surface area contributed by atoms with Gasteiger partial charge in [0.05, 0.1) is 38.8 Å². The summed E-state index contributed by atoms with van der Waals surface area (Å²) in [4.78, 5) is 21.3. The van der Waals surface area contributed by atoms with Crippen molar-refractivity contribution in [1.29, 1.82) is 0 Å². The van der Waals surface area contributed by atoms with Gasteiger partial charge in [0.1, 0.15) is 11.2 Å². The maximum atomic E-state index is 6.31. The summed E-state index contributed by atoms with van der Waals surface area (Å²) in [5.41, 5.74) is 28.1. The number of nitrogens with zero attached hydrogens (tertiary/aromatic N) is 8. The van der Waals surface area contributed by atoms with E-state index in [1.165, 1.54) is 80.5 Å². The van der Waals surface area contributed by atoms with E-state index in [1.54, 1.807) is 0 Å². The normalized spacial score (nSPS) is 12.0. The van der Waals surface area contributed by atoms with Gasteiger partial charge in [-0.25, -0.2) is 4.98 Å². The van der Waals surface area contributed by atoms with Crippen molar-refractivity contribution in [3.63, 3.8) is 0 Å². The summed E-state index contributed by atoms with van der Waals surface area (Å²) in [6.07, 6.45) is 1.86. The molecule has 0 amide bonds. The van der Waals surface area contributed by atoms with E-state index < -0.39 is 0 Å². The molecule has 542 valence electrons. The summed E-state index contributed by atoms with van der Waals surface area (Å²) in [7, 11) is 0. The topological polar surface area (TPSA) is 84.4 Å². The second kappa shape index (κ2) is 26.0. The van der Waals surface area contributed by atoms with Crippen LogP contribution in [0.3, 0.4) is 0 Å². The Balaban J connectivity index is 0.665. The van der Waals surface area contributed by atoms with Crippen LogP contribution in [0.1, 0.15) is 6.92 Å². The first kappa shape index (κ1) is 65.6. The first-order valence-corrected chi connectivity index (χ1v) is 40.3. The number of para-hydroxylation sites is 6. The van der Waals surface area contributed by atoms with E-state index in [1.807, 2.05) is 41.8 Å². The third-order valence-electron chi connectivity index (χ3n) is 23.9. The molecule has 0 aliphatic heterocycles. The minimum Gasteiger partial charge on any atom is -0.456 e. The summed E-state index contributed by atoms with van der Waals surface area (Å²) >= 11 is 1.86. The summed E-state index contributed by atoms with van der Waals surface area (Å²) in [6.45, 7) is 3.10. The van der Waals surface area contributed by atoms with Crippen LogP contribution in [-0.4, -0.2) is 38.2 Å². The Labute approximate surface area is 669 Å². The number of hydrogen-bond acceptors (Lipinski definition) is 6. The minimum absolute atomic E-state index is 0.533. The molecule has 0 saturated carbocycles. The van der Waals surface area contributed by atoms with Crippen LogP contribution in [0.25, 0.3) is 236 Å². The third kappa shape index (κ3) is 10.4. The van der Waals surface area contributed by atoms with E-state index >= 15 is 0 Å². The quantitative estimate of drug-likeness (QED) is 0.122. The van der Waals surface area contributed by atoms with E-state index in [0.717, 1.165) is 145 Å². The highest BCUT2D eigenvalue weighted by Gasteiger charge is 2.24. The number of aromatic nitrogens is 8. The fourth-order valence-corrected chi connectivity index (χ4v) is 19.6. The number of pyridine rings is 1. The molecule has 0 unspecified atom stereocenters. The standard InChI is InChI=1S/C106H66N8OS/c1-2-111-92-47-41-68(66-20-18-22-73(54-66)91-31-16-17-53-107-91)56-84(92)85-57-69(42-48-93(85)111)72-46-52-102-89(60-72)90-63-75(67-21-19-25-77(55-67)113-94-32-11-6-26-78(94)79-27-7-12-33-95(79)113)62-83(103(90)116-102)64-37-39-65(40-38-64)104-108-105(110-106(109-104)114-96-34-13-8-28-80(96)81-29-9-14-35-97(81)114)74-44-50-99-87(61-74)86-58-70(43-49-98(86)112(99)76-23-4-3-5-24-76)71-45-51-101-88(59-71)82-30-10-15-36-100(82)115-101/h3-63H,2H2,1H3. The number of hydrogen-bond donors (Lipinski definition) is 0. The smallest absolute Gasteiger partial charge is 0.238 e. The molecule has 0 fully saturated rings. The summed E-state index contributed by atoms with van der Waals surface area (Å²) in [5, 5.41) is 14.0. The monoisotopic (exact) mass is 1500 g/mol. The number of furan rings is 1. The third-order valence-corrected chi connectivity index (χ3v) is 25.1. The molecule has 0 radical (unpaired) electrons. The highest BCUT2D eigenvalue weighted by molar-refractivity contribution is 7.26. The van der Waals surface area contributed by atoms with Crippen molar-refractivity contribution in [2.24, 2.45) is 0 Å². The molecule has 10 heteroatoms.